The van der Waals surface area contributed by atoms with E-state index < -0.39 is 10.0 Å². The molecule has 0 saturated heterocycles. The number of sulfonamides is 1. The Morgan fingerprint density at radius 3 is 2.53 bits per heavy atom. The highest BCUT2D eigenvalue weighted by atomic mass is 35.5. The number of hydrogen-bond donors (Lipinski definition) is 2. The van der Waals surface area contributed by atoms with Gasteiger partial charge in [0.25, 0.3) is 10.0 Å². The van der Waals surface area contributed by atoms with Crippen LogP contribution in [0.3, 0.4) is 0 Å². The van der Waals surface area contributed by atoms with Gasteiger partial charge in [0.15, 0.2) is 8.68 Å². The second-order valence-electron chi connectivity index (χ2n) is 3.71. The Balaban J connectivity index is 2.16. The van der Waals surface area contributed by atoms with E-state index in [9.17, 15) is 8.42 Å². The van der Waals surface area contributed by atoms with Gasteiger partial charge in [0.05, 0.1) is 6.20 Å². The molecule has 0 bridgehead atoms. The molecule has 0 amide bonds. The third kappa shape index (κ3) is 3.66. The molecule has 8 heteroatoms. The molecule has 102 valence electrons. The van der Waals surface area contributed by atoms with E-state index >= 15 is 0 Å². The third-order valence-electron chi connectivity index (χ3n) is 2.33. The first kappa shape index (κ1) is 14.3. The molecule has 2 N–H and O–H groups in total. The Kier molecular flexibility index (Phi) is 4.41. The summed E-state index contributed by atoms with van der Waals surface area (Å²) in [7, 11) is -3.65. The van der Waals surface area contributed by atoms with Crippen molar-refractivity contribution in [3.63, 3.8) is 0 Å². The SMILES string of the molecule is O=S(=O)(Nc1ccc(CCO)cc1)c1cnc(Cl)s1. The molecule has 0 unspecified atom stereocenters. The van der Waals surface area contributed by atoms with E-state index in [1.165, 1.54) is 6.20 Å². The molecular formula is C11H11ClN2O3S2. The number of rotatable bonds is 5. The van der Waals surface area contributed by atoms with E-state index in [0.29, 0.717) is 12.1 Å². The summed E-state index contributed by atoms with van der Waals surface area (Å²) in [6.07, 6.45) is 1.76. The number of nitrogens with one attached hydrogen (secondary N) is 1. The van der Waals surface area contributed by atoms with Crippen LogP contribution >= 0.6 is 22.9 Å². The van der Waals surface area contributed by atoms with Crippen LogP contribution in [0.15, 0.2) is 34.7 Å². The molecule has 1 heterocycles. The average molecular weight is 319 g/mol. The van der Waals surface area contributed by atoms with Crippen molar-refractivity contribution in [2.24, 2.45) is 0 Å². The molecule has 0 aliphatic carbocycles. The van der Waals surface area contributed by atoms with E-state index in [1.807, 2.05) is 0 Å². The zero-order chi connectivity index (χ0) is 13.9. The number of halogens is 1. The Labute approximate surface area is 119 Å². The fourth-order valence-corrected chi connectivity index (χ4v) is 3.79. The summed E-state index contributed by atoms with van der Waals surface area (Å²) in [4.78, 5) is 3.70. The van der Waals surface area contributed by atoms with Gasteiger partial charge in [0.2, 0.25) is 0 Å². The van der Waals surface area contributed by atoms with Crippen LogP contribution in [0.5, 0.6) is 0 Å². The molecule has 0 spiro atoms. The van der Waals surface area contributed by atoms with Crippen LogP contribution in [-0.2, 0) is 16.4 Å². The molecule has 2 rings (SSSR count). The summed E-state index contributed by atoms with van der Waals surface area (Å²) in [5.74, 6) is 0. The molecular weight excluding hydrogens is 308 g/mol. The Hall–Kier alpha value is -1.15. The summed E-state index contributed by atoms with van der Waals surface area (Å²) in [5, 5.41) is 8.80. The molecule has 1 aromatic heterocycles. The molecule has 5 nitrogen and oxygen atoms in total. The molecule has 0 aliphatic heterocycles. The van der Waals surface area contributed by atoms with Crippen LogP contribution in [0.25, 0.3) is 0 Å². The zero-order valence-electron chi connectivity index (χ0n) is 9.71. The lowest BCUT2D eigenvalue weighted by Gasteiger charge is -2.06. The lowest BCUT2D eigenvalue weighted by Crippen LogP contribution is -2.11. The van der Waals surface area contributed by atoms with Gasteiger partial charge in [0, 0.05) is 12.3 Å². The predicted octanol–water partition coefficient (Wildman–Crippen LogP) is 2.13. The van der Waals surface area contributed by atoms with Gasteiger partial charge in [-0.15, -0.1) is 0 Å². The lowest BCUT2D eigenvalue weighted by molar-refractivity contribution is 0.299. The highest BCUT2D eigenvalue weighted by molar-refractivity contribution is 7.94. The van der Waals surface area contributed by atoms with Crippen LogP contribution in [-0.4, -0.2) is 25.1 Å². The topological polar surface area (TPSA) is 79.3 Å². The fourth-order valence-electron chi connectivity index (χ4n) is 1.44. The summed E-state index contributed by atoms with van der Waals surface area (Å²) >= 11 is 6.51. The number of aliphatic hydroxyl groups is 1. The Morgan fingerprint density at radius 1 is 1.32 bits per heavy atom. The highest BCUT2D eigenvalue weighted by Gasteiger charge is 2.17. The molecule has 0 saturated carbocycles. The minimum Gasteiger partial charge on any atom is -0.396 e. The number of nitrogens with zero attached hydrogens (tertiary/aromatic N) is 1. The third-order valence-corrected chi connectivity index (χ3v) is 5.29. The minimum absolute atomic E-state index is 0.0600. The first-order chi connectivity index (χ1) is 9.01. The van der Waals surface area contributed by atoms with Crippen molar-refractivity contribution in [1.82, 2.24) is 4.98 Å². The summed E-state index contributed by atoms with van der Waals surface area (Å²) in [5.41, 5.74) is 1.39. The molecule has 0 aliphatic rings. The van der Waals surface area contributed by atoms with Crippen molar-refractivity contribution in [3.8, 4) is 0 Å². The molecule has 0 atom stereocenters. The standard InChI is InChI=1S/C11H11ClN2O3S2/c12-11-13-7-10(18-11)19(16,17)14-9-3-1-8(2-4-9)5-6-15/h1-4,7,14-15H,5-6H2. The Morgan fingerprint density at radius 2 is 2.00 bits per heavy atom. The lowest BCUT2D eigenvalue weighted by atomic mass is 10.1. The van der Waals surface area contributed by atoms with Gasteiger partial charge in [-0.3, -0.25) is 4.72 Å². The summed E-state index contributed by atoms with van der Waals surface area (Å²) in [6, 6.07) is 6.80. The maximum atomic E-state index is 12.0. The van der Waals surface area contributed by atoms with Crippen LogP contribution < -0.4 is 4.72 Å². The van der Waals surface area contributed by atoms with E-state index in [-0.39, 0.29) is 15.3 Å². The second-order valence-corrected chi connectivity index (χ2v) is 7.23. The number of aliphatic hydroxyl groups excluding tert-OH is 1. The summed E-state index contributed by atoms with van der Waals surface area (Å²) in [6.45, 7) is 0.0600. The largest absolute Gasteiger partial charge is 0.396 e. The second kappa shape index (κ2) is 5.87. The van der Waals surface area contributed by atoms with E-state index in [0.717, 1.165) is 16.9 Å². The maximum absolute atomic E-state index is 12.0. The summed E-state index contributed by atoms with van der Waals surface area (Å²) < 4.78 is 26.7. The smallest absolute Gasteiger partial charge is 0.273 e. The van der Waals surface area contributed by atoms with Crippen LogP contribution in [0.1, 0.15) is 5.56 Å². The minimum atomic E-state index is -3.65. The number of thiazole rings is 1. The average Bonchev–Trinajstić information content (AvgIpc) is 2.79. The zero-order valence-corrected chi connectivity index (χ0v) is 12.1. The molecule has 19 heavy (non-hydrogen) atoms. The molecule has 0 radical (unpaired) electrons. The van der Waals surface area contributed by atoms with Gasteiger partial charge < -0.3 is 5.11 Å². The van der Waals surface area contributed by atoms with Gasteiger partial charge in [-0.2, -0.15) is 0 Å². The van der Waals surface area contributed by atoms with Crippen molar-refractivity contribution in [1.29, 1.82) is 0 Å². The highest BCUT2D eigenvalue weighted by Crippen LogP contribution is 2.24. The van der Waals surface area contributed by atoms with Crippen LogP contribution in [0, 0.1) is 0 Å². The van der Waals surface area contributed by atoms with Gasteiger partial charge in [-0.1, -0.05) is 35.1 Å². The van der Waals surface area contributed by atoms with Crippen molar-refractivity contribution >= 4 is 38.6 Å². The van der Waals surface area contributed by atoms with Crippen molar-refractivity contribution in [3.05, 3.63) is 40.5 Å². The Bertz CT molecular complexity index is 653. The van der Waals surface area contributed by atoms with Gasteiger partial charge in [-0.25, -0.2) is 13.4 Å². The number of aromatic nitrogens is 1. The monoisotopic (exact) mass is 318 g/mol. The van der Waals surface area contributed by atoms with E-state index in [2.05, 4.69) is 9.71 Å². The van der Waals surface area contributed by atoms with Crippen LogP contribution in [0.2, 0.25) is 4.47 Å². The molecule has 2 aromatic rings. The van der Waals surface area contributed by atoms with Gasteiger partial charge >= 0.3 is 0 Å². The number of benzene rings is 1. The normalized spacial score (nSPS) is 11.5. The van der Waals surface area contributed by atoms with E-state index in [1.54, 1.807) is 24.3 Å². The maximum Gasteiger partial charge on any atom is 0.273 e. The number of anilines is 1. The number of hydrogen-bond acceptors (Lipinski definition) is 5. The first-order valence-electron chi connectivity index (χ1n) is 5.35. The predicted molar refractivity (Wildman–Crippen MR) is 75.2 cm³/mol. The van der Waals surface area contributed by atoms with Crippen molar-refractivity contribution in [2.45, 2.75) is 10.6 Å². The van der Waals surface area contributed by atoms with Gasteiger partial charge in [-0.05, 0) is 24.1 Å². The van der Waals surface area contributed by atoms with E-state index in [4.69, 9.17) is 16.7 Å². The van der Waals surface area contributed by atoms with Gasteiger partial charge in [0.1, 0.15) is 0 Å². The van der Waals surface area contributed by atoms with Crippen molar-refractivity contribution < 1.29 is 13.5 Å². The fraction of sp³-hybridized carbons (Fsp3) is 0.182. The molecule has 1 aromatic carbocycles. The first-order valence-corrected chi connectivity index (χ1v) is 8.03. The van der Waals surface area contributed by atoms with Crippen LogP contribution in [0.4, 0.5) is 5.69 Å². The molecule has 0 fully saturated rings. The van der Waals surface area contributed by atoms with Crippen molar-refractivity contribution in [2.75, 3.05) is 11.3 Å². The quantitative estimate of drug-likeness (QED) is 0.885.